The second-order valence-corrected chi connectivity index (χ2v) is 2.30. The first kappa shape index (κ1) is 7.02. The fourth-order valence-electron chi connectivity index (χ4n) is 0.749. The molecule has 0 aliphatic carbocycles. The van der Waals surface area contributed by atoms with Crippen LogP contribution in [-0.4, -0.2) is 4.98 Å². The lowest BCUT2D eigenvalue weighted by molar-refractivity contribution is 0.816. The summed E-state index contributed by atoms with van der Waals surface area (Å²) in [4.78, 5) is 3.84. The Labute approximate surface area is 60.1 Å². The van der Waals surface area contributed by atoms with E-state index in [0.717, 1.165) is 5.56 Å². The van der Waals surface area contributed by atoms with E-state index in [1.165, 1.54) is 0 Å². The molecule has 0 spiro atoms. The highest BCUT2D eigenvalue weighted by molar-refractivity contribution is 5.32. The third-order valence-corrected chi connectivity index (χ3v) is 1.33. The minimum Gasteiger partial charge on any atom is -0.384 e. The summed E-state index contributed by atoms with van der Waals surface area (Å²) in [6, 6.07) is 3.68. The van der Waals surface area contributed by atoms with E-state index in [1.807, 2.05) is 13.0 Å². The summed E-state index contributed by atoms with van der Waals surface area (Å²) in [5.74, 6) is 0.523. The molecule has 0 amide bonds. The molecule has 54 valence electrons. The maximum Gasteiger partial charge on any atom is 0.123 e. The van der Waals surface area contributed by atoms with Crippen molar-refractivity contribution in [3.05, 3.63) is 23.9 Å². The van der Waals surface area contributed by atoms with Gasteiger partial charge in [-0.1, -0.05) is 0 Å². The Morgan fingerprint density at radius 1 is 1.60 bits per heavy atom. The summed E-state index contributed by atoms with van der Waals surface area (Å²) in [6.45, 7) is 1.91. The molecule has 3 nitrogen and oxygen atoms in total. The van der Waals surface area contributed by atoms with Crippen molar-refractivity contribution in [1.29, 1.82) is 0 Å². The van der Waals surface area contributed by atoms with Crippen LogP contribution in [0.25, 0.3) is 0 Å². The molecule has 1 aromatic rings. The molecule has 0 aliphatic heterocycles. The van der Waals surface area contributed by atoms with Gasteiger partial charge < -0.3 is 11.5 Å². The summed E-state index contributed by atoms with van der Waals surface area (Å²) in [7, 11) is 0. The van der Waals surface area contributed by atoms with Crippen molar-refractivity contribution < 1.29 is 0 Å². The van der Waals surface area contributed by atoms with Gasteiger partial charge in [-0.15, -0.1) is 0 Å². The van der Waals surface area contributed by atoms with Gasteiger partial charge >= 0.3 is 0 Å². The van der Waals surface area contributed by atoms with Gasteiger partial charge in [0.1, 0.15) is 5.82 Å². The minimum absolute atomic E-state index is 0.0327. The molecule has 1 rings (SSSR count). The summed E-state index contributed by atoms with van der Waals surface area (Å²) in [5.41, 5.74) is 12.0. The third kappa shape index (κ3) is 1.45. The molecular formula is C7H11N3. The average Bonchev–Trinajstić information content (AvgIpc) is 1.88. The Morgan fingerprint density at radius 3 is 2.70 bits per heavy atom. The summed E-state index contributed by atoms with van der Waals surface area (Å²) in [5, 5.41) is 0. The number of pyridine rings is 1. The normalized spacial score (nSPS) is 13.0. The molecule has 1 heterocycles. The predicted octanol–water partition coefficient (Wildman–Crippen LogP) is 0.684. The van der Waals surface area contributed by atoms with E-state index in [0.29, 0.717) is 5.82 Å². The molecule has 1 aromatic heterocycles. The Balaban J connectivity index is 2.96. The fourth-order valence-corrected chi connectivity index (χ4v) is 0.749. The van der Waals surface area contributed by atoms with Crippen LogP contribution in [0.4, 0.5) is 5.82 Å². The van der Waals surface area contributed by atoms with E-state index < -0.39 is 0 Å². The van der Waals surface area contributed by atoms with E-state index >= 15 is 0 Å². The molecule has 0 saturated carbocycles. The van der Waals surface area contributed by atoms with Crippen molar-refractivity contribution in [2.45, 2.75) is 13.0 Å². The van der Waals surface area contributed by atoms with Gasteiger partial charge in [-0.25, -0.2) is 4.98 Å². The van der Waals surface area contributed by atoms with E-state index in [1.54, 1.807) is 12.3 Å². The molecule has 3 heteroatoms. The number of nitrogens with zero attached hydrogens (tertiary/aromatic N) is 1. The van der Waals surface area contributed by atoms with Crippen LogP contribution in [-0.2, 0) is 0 Å². The molecule has 0 aromatic carbocycles. The lowest BCUT2D eigenvalue weighted by atomic mass is 10.1. The van der Waals surface area contributed by atoms with Gasteiger partial charge in [-0.05, 0) is 24.6 Å². The molecular weight excluding hydrogens is 126 g/mol. The summed E-state index contributed by atoms with van der Waals surface area (Å²) >= 11 is 0. The zero-order valence-corrected chi connectivity index (χ0v) is 5.91. The smallest absolute Gasteiger partial charge is 0.123 e. The Kier molecular flexibility index (Phi) is 1.87. The molecule has 4 N–H and O–H groups in total. The zero-order chi connectivity index (χ0) is 7.56. The minimum atomic E-state index is 0.0327. The first-order valence-electron chi connectivity index (χ1n) is 3.17. The highest BCUT2D eigenvalue weighted by atomic mass is 14.8. The topological polar surface area (TPSA) is 64.9 Å². The lowest BCUT2D eigenvalue weighted by Gasteiger charge is -2.03. The number of hydrogen-bond acceptors (Lipinski definition) is 3. The van der Waals surface area contributed by atoms with Crippen molar-refractivity contribution in [3.8, 4) is 0 Å². The zero-order valence-electron chi connectivity index (χ0n) is 5.91. The highest BCUT2D eigenvalue weighted by Gasteiger charge is 1.97. The first-order valence-corrected chi connectivity index (χ1v) is 3.17. The van der Waals surface area contributed by atoms with Crippen LogP contribution < -0.4 is 11.5 Å². The van der Waals surface area contributed by atoms with Crippen LogP contribution in [0.1, 0.15) is 18.5 Å². The number of nitrogens with two attached hydrogens (primary N) is 2. The van der Waals surface area contributed by atoms with E-state index in [4.69, 9.17) is 11.5 Å². The quantitative estimate of drug-likeness (QED) is 0.598. The third-order valence-electron chi connectivity index (χ3n) is 1.33. The molecule has 0 fully saturated rings. The molecule has 0 saturated heterocycles. The Hall–Kier alpha value is -1.09. The summed E-state index contributed by atoms with van der Waals surface area (Å²) in [6.07, 6.45) is 1.66. The second kappa shape index (κ2) is 2.66. The second-order valence-electron chi connectivity index (χ2n) is 2.30. The van der Waals surface area contributed by atoms with Crippen LogP contribution >= 0.6 is 0 Å². The van der Waals surface area contributed by atoms with E-state index in [2.05, 4.69) is 4.98 Å². The number of anilines is 1. The number of nitrogen functional groups attached to an aromatic ring is 1. The molecule has 10 heavy (non-hydrogen) atoms. The summed E-state index contributed by atoms with van der Waals surface area (Å²) < 4.78 is 0. The van der Waals surface area contributed by atoms with Crippen LogP contribution in [0.15, 0.2) is 18.3 Å². The van der Waals surface area contributed by atoms with Crippen molar-refractivity contribution >= 4 is 5.82 Å². The van der Waals surface area contributed by atoms with Crippen molar-refractivity contribution in [3.63, 3.8) is 0 Å². The predicted molar refractivity (Wildman–Crippen MR) is 41.3 cm³/mol. The molecule has 0 aliphatic rings. The van der Waals surface area contributed by atoms with Gasteiger partial charge in [0.25, 0.3) is 0 Å². The molecule has 0 bridgehead atoms. The maximum atomic E-state index is 5.60. The van der Waals surface area contributed by atoms with Crippen LogP contribution in [0.3, 0.4) is 0 Å². The Morgan fingerprint density at radius 2 is 2.30 bits per heavy atom. The van der Waals surface area contributed by atoms with Crippen LogP contribution in [0.2, 0.25) is 0 Å². The van der Waals surface area contributed by atoms with Gasteiger partial charge in [-0.3, -0.25) is 0 Å². The van der Waals surface area contributed by atoms with Crippen LogP contribution in [0, 0.1) is 0 Å². The monoisotopic (exact) mass is 137 g/mol. The van der Waals surface area contributed by atoms with Gasteiger partial charge in [0, 0.05) is 12.2 Å². The van der Waals surface area contributed by atoms with Gasteiger partial charge in [-0.2, -0.15) is 0 Å². The van der Waals surface area contributed by atoms with Crippen LogP contribution in [0.5, 0.6) is 0 Å². The SMILES string of the molecule is CC(N)c1ccnc(N)c1. The Bertz CT molecular complexity index is 220. The van der Waals surface area contributed by atoms with E-state index in [9.17, 15) is 0 Å². The van der Waals surface area contributed by atoms with Crippen molar-refractivity contribution in [2.24, 2.45) is 5.73 Å². The van der Waals surface area contributed by atoms with E-state index in [-0.39, 0.29) is 6.04 Å². The molecule has 0 radical (unpaired) electrons. The van der Waals surface area contributed by atoms with Crippen molar-refractivity contribution in [1.82, 2.24) is 4.98 Å². The largest absolute Gasteiger partial charge is 0.384 e. The number of rotatable bonds is 1. The van der Waals surface area contributed by atoms with Gasteiger partial charge in [0.2, 0.25) is 0 Å². The maximum absolute atomic E-state index is 5.60. The first-order chi connectivity index (χ1) is 4.70. The van der Waals surface area contributed by atoms with Crippen molar-refractivity contribution in [2.75, 3.05) is 5.73 Å². The highest BCUT2D eigenvalue weighted by Crippen LogP contribution is 2.09. The standard InChI is InChI=1S/C7H11N3/c1-5(8)6-2-3-10-7(9)4-6/h2-5H,8H2,1H3,(H2,9,10). The molecule has 1 unspecified atom stereocenters. The van der Waals surface area contributed by atoms with Gasteiger partial charge in [0.05, 0.1) is 0 Å². The number of hydrogen-bond donors (Lipinski definition) is 2. The lowest BCUT2D eigenvalue weighted by Crippen LogP contribution is -2.05. The number of aromatic nitrogens is 1. The fraction of sp³-hybridized carbons (Fsp3) is 0.286. The molecule has 1 atom stereocenters. The van der Waals surface area contributed by atoms with Gasteiger partial charge in [0.15, 0.2) is 0 Å². The average molecular weight is 137 g/mol.